The third kappa shape index (κ3) is 42.9. The highest BCUT2D eigenvalue weighted by Gasteiger charge is 2.48. The van der Waals surface area contributed by atoms with Crippen LogP contribution in [0.15, 0.2) is 36.4 Å². The van der Waals surface area contributed by atoms with Gasteiger partial charge in [-0.1, -0.05) is 12.1 Å². The molecule has 0 unspecified atom stereocenters. The lowest BCUT2D eigenvalue weighted by Crippen LogP contribution is -2.61. The average molecular weight is 1580 g/mol. The zero-order valence-corrected chi connectivity index (χ0v) is 61.9. The minimum absolute atomic E-state index is 0.0345. The maximum Gasteiger partial charge on any atom is 0.373 e. The highest BCUT2D eigenvalue weighted by molar-refractivity contribution is 5.99. The molecule has 2 heterocycles. The number of ether oxygens (including phenoxy) is 18. The molecule has 110 heavy (non-hydrogen) atoms. The number of aliphatic carboxylic acids is 1. The molecule has 0 aliphatic carbocycles. The number of carboxylic acids is 1. The number of hydrogen-bond acceptors (Lipinski definition) is 36. The number of nitrogens with one attached hydrogen (secondary N) is 3. The van der Waals surface area contributed by atoms with Crippen LogP contribution in [0, 0.1) is 0 Å². The second-order valence-electron chi connectivity index (χ2n) is 23.9. The summed E-state index contributed by atoms with van der Waals surface area (Å²) in [6.45, 7) is 7.39. The number of carbonyl (C=O) groups is 8. The SMILES string of the molecule is CC(=O)OCc1ccc(O[C@@H]2OC[C@@H](O)[C@H](O)[C@H]2O)c(C(=O)CCCOCCOCCOCCOCCOCC(=O)N[C@H](CCCCNC(=O)COCCOCCOCCOCCOCCNC(=O)c2cc(COC(C)=O)ccc2O[C@@H]2O[C@H](C(=O)O)[C@@H](O)[C@H](O)[C@H]2O)C(=O)CCCOCCOCCON)c1.O=C=O. The normalized spacial score (nSPS) is 19.0. The van der Waals surface area contributed by atoms with Gasteiger partial charge in [0.05, 0.1) is 163 Å². The summed E-state index contributed by atoms with van der Waals surface area (Å²) in [4.78, 5) is 120. The Bertz CT molecular complexity index is 2970. The van der Waals surface area contributed by atoms with Gasteiger partial charge in [0.2, 0.25) is 24.4 Å². The predicted molar refractivity (Wildman–Crippen MR) is 371 cm³/mol. The third-order valence-electron chi connectivity index (χ3n) is 15.3. The van der Waals surface area contributed by atoms with Crippen LogP contribution in [0.25, 0.3) is 0 Å². The minimum Gasteiger partial charge on any atom is -0.479 e. The van der Waals surface area contributed by atoms with E-state index in [1.807, 2.05) is 0 Å². The third-order valence-corrected chi connectivity index (χ3v) is 15.3. The number of rotatable bonds is 63. The van der Waals surface area contributed by atoms with Crippen LogP contribution in [0.4, 0.5) is 0 Å². The zero-order chi connectivity index (χ0) is 80.5. The molecule has 2 fully saturated rings. The lowest BCUT2D eigenvalue weighted by atomic mass is 9.99. The first kappa shape index (κ1) is 96.9. The fraction of sp³-hybridized carbons (Fsp3) is 0.700. The van der Waals surface area contributed by atoms with Crippen LogP contribution in [0.1, 0.15) is 90.6 Å². The van der Waals surface area contributed by atoms with Gasteiger partial charge in [-0.3, -0.25) is 33.6 Å². The van der Waals surface area contributed by atoms with Crippen molar-refractivity contribution in [3.05, 3.63) is 58.7 Å². The first-order valence-corrected chi connectivity index (χ1v) is 35.7. The van der Waals surface area contributed by atoms with Gasteiger partial charge in [0.1, 0.15) is 74.6 Å². The van der Waals surface area contributed by atoms with E-state index in [0.29, 0.717) is 89.4 Å². The molecule has 2 aromatic rings. The van der Waals surface area contributed by atoms with E-state index in [9.17, 15) is 74.1 Å². The van der Waals surface area contributed by atoms with Gasteiger partial charge >= 0.3 is 24.1 Å². The molecule has 12 N–H and O–H groups in total. The Hall–Kier alpha value is -7.30. The van der Waals surface area contributed by atoms with E-state index < -0.39 is 91.1 Å². The van der Waals surface area contributed by atoms with Gasteiger partial charge in [0.25, 0.3) is 5.91 Å². The summed E-state index contributed by atoms with van der Waals surface area (Å²) in [7, 11) is 0. The fourth-order valence-corrected chi connectivity index (χ4v) is 9.73. The molecule has 40 nitrogen and oxygen atoms in total. The second-order valence-corrected chi connectivity index (χ2v) is 23.9. The van der Waals surface area contributed by atoms with Crippen molar-refractivity contribution in [2.24, 2.45) is 5.90 Å². The molecule has 0 saturated carbocycles. The highest BCUT2D eigenvalue weighted by atomic mass is 16.7. The van der Waals surface area contributed by atoms with Crippen molar-refractivity contribution in [2.45, 2.75) is 133 Å². The van der Waals surface area contributed by atoms with Gasteiger partial charge in [0, 0.05) is 53.0 Å². The predicted octanol–water partition coefficient (Wildman–Crippen LogP) is -3.08. The van der Waals surface area contributed by atoms with Crippen LogP contribution in [-0.4, -0.2) is 335 Å². The lowest BCUT2D eigenvalue weighted by molar-refractivity contribution is -0.271. The van der Waals surface area contributed by atoms with Gasteiger partial charge in [-0.25, -0.2) is 10.7 Å². The average Bonchev–Trinajstić information content (AvgIpc) is 0.802. The molecule has 0 aromatic heterocycles. The van der Waals surface area contributed by atoms with E-state index in [-0.39, 0.29) is 211 Å². The van der Waals surface area contributed by atoms with Crippen molar-refractivity contribution < 1.29 is 174 Å². The summed E-state index contributed by atoms with van der Waals surface area (Å²) >= 11 is 0. The zero-order valence-electron chi connectivity index (χ0n) is 61.9. The summed E-state index contributed by atoms with van der Waals surface area (Å²) in [5.74, 6) is 0.225. The minimum atomic E-state index is -1.95. The van der Waals surface area contributed by atoms with E-state index in [2.05, 4.69) is 20.8 Å². The van der Waals surface area contributed by atoms with Gasteiger partial charge in [0.15, 0.2) is 17.7 Å². The van der Waals surface area contributed by atoms with E-state index >= 15 is 0 Å². The van der Waals surface area contributed by atoms with Gasteiger partial charge < -0.3 is 142 Å². The molecule has 2 aliphatic rings. The number of hydrogen-bond donors (Lipinski definition) is 11. The summed E-state index contributed by atoms with van der Waals surface area (Å²) < 4.78 is 98.1. The molecule has 40 heteroatoms. The summed E-state index contributed by atoms with van der Waals surface area (Å²) in [6.07, 6.45) is -12.6. The topological polar surface area (TPSA) is 550 Å². The number of ketones is 2. The smallest absolute Gasteiger partial charge is 0.373 e. The number of unbranched alkanes of at least 4 members (excludes halogenated alkanes) is 1. The quantitative estimate of drug-likeness (QED) is 0.0135. The number of amides is 3. The molecular weight excluding hydrogens is 1470 g/mol. The van der Waals surface area contributed by atoms with Gasteiger partial charge in [-0.15, -0.1) is 0 Å². The maximum absolute atomic E-state index is 13.3. The largest absolute Gasteiger partial charge is 0.479 e. The first-order valence-electron chi connectivity index (χ1n) is 35.7. The Morgan fingerprint density at radius 1 is 0.491 bits per heavy atom. The second kappa shape index (κ2) is 60.4. The number of benzene rings is 2. The summed E-state index contributed by atoms with van der Waals surface area (Å²) in [5.41, 5.74) is 0.964. The molecular formula is C70H108N4O36. The number of nitrogens with two attached hydrogens (primary N) is 1. The number of aliphatic hydroxyl groups excluding tert-OH is 6. The molecule has 2 saturated heterocycles. The number of carboxylic acid groups (broad SMARTS) is 1. The first-order chi connectivity index (χ1) is 53.1. The van der Waals surface area contributed by atoms with Gasteiger partial charge in [-0.2, -0.15) is 9.59 Å². The van der Waals surface area contributed by atoms with Crippen LogP contribution in [0.3, 0.4) is 0 Å². The van der Waals surface area contributed by atoms with Crippen molar-refractivity contribution in [3.63, 3.8) is 0 Å². The molecule has 2 aliphatic heterocycles. The highest BCUT2D eigenvalue weighted by Crippen LogP contribution is 2.30. The number of carbonyl (C=O) groups excluding carboxylic acids is 9. The van der Waals surface area contributed by atoms with Crippen molar-refractivity contribution in [1.82, 2.24) is 16.0 Å². The Morgan fingerprint density at radius 2 is 0.927 bits per heavy atom. The van der Waals surface area contributed by atoms with E-state index in [1.54, 1.807) is 6.07 Å². The number of esters is 2. The monoisotopic (exact) mass is 1580 g/mol. The summed E-state index contributed by atoms with van der Waals surface area (Å²) in [6, 6.07) is 7.90. The van der Waals surface area contributed by atoms with Crippen molar-refractivity contribution >= 4 is 53.3 Å². The standard InChI is InChI=1S/C69H108N4O34.CO2/c1-46(74)101-41-48-10-12-56(105-68-63(84)60(81)55(78)43-103-68)50(39-48)53(76)8-5-16-89-19-22-92-25-27-94-30-32-97-34-36-100-45-59(80)73-52(54(77)9-6-17-90-20-23-98-37-38-104-70)7-3-4-14-71-58(79)44-99-35-33-96-31-29-95-28-26-93-24-21-91-18-15-72-66(86)51-40-49(42-102-47(2)75)11-13-57(51)106-69-64(85)61(82)62(83)65(107-69)67(87)88;2-1-3/h10-13,39-40,52,55,60-65,68-69,78,81-85H,3-9,14-38,41-45,70H2,1-2H3,(H,71,79)(H,72,86)(H,73,80)(H,87,88);/t52-,55-,60+,61+,62+,63-,64-,65+,68+,69-;/m1./s1. The van der Waals surface area contributed by atoms with Crippen LogP contribution in [0.5, 0.6) is 11.5 Å². The number of Topliss-reactive ketones (excluding diaryl/α,β-unsaturated/α-hetero) is 2. The molecule has 0 bridgehead atoms. The van der Waals surface area contributed by atoms with Crippen molar-refractivity contribution in [3.8, 4) is 11.5 Å². The molecule has 0 radical (unpaired) electrons. The molecule has 10 atom stereocenters. The molecule has 3 amide bonds. The molecule has 0 spiro atoms. The van der Waals surface area contributed by atoms with E-state index in [0.717, 1.165) is 0 Å². The molecule has 2 aromatic carbocycles. The van der Waals surface area contributed by atoms with Gasteiger partial charge in [-0.05, 0) is 67.5 Å². The lowest BCUT2D eigenvalue weighted by Gasteiger charge is -2.38. The van der Waals surface area contributed by atoms with Crippen molar-refractivity contribution in [1.29, 1.82) is 0 Å². The van der Waals surface area contributed by atoms with E-state index in [1.165, 1.54) is 44.2 Å². The summed E-state index contributed by atoms with van der Waals surface area (Å²) in [5, 5.41) is 78.5. The Balaban J connectivity index is 0.0000103. The Kier molecular flexibility index (Phi) is 53.2. The maximum atomic E-state index is 13.3. The fourth-order valence-electron chi connectivity index (χ4n) is 9.73. The Morgan fingerprint density at radius 3 is 1.43 bits per heavy atom. The molecule has 624 valence electrons. The van der Waals surface area contributed by atoms with E-state index in [4.69, 9.17) is 101 Å². The number of aliphatic hydroxyl groups is 6. The van der Waals surface area contributed by atoms with Crippen LogP contribution >= 0.6 is 0 Å². The molecule has 4 rings (SSSR count). The Labute approximate surface area is 635 Å². The van der Waals surface area contributed by atoms with Crippen LogP contribution in [-0.2, 0) is 132 Å². The van der Waals surface area contributed by atoms with Crippen LogP contribution in [0.2, 0.25) is 0 Å². The van der Waals surface area contributed by atoms with Crippen molar-refractivity contribution in [2.75, 3.05) is 185 Å². The van der Waals surface area contributed by atoms with Crippen LogP contribution < -0.4 is 31.3 Å².